The largest absolute Gasteiger partial charge is 0.504 e. The van der Waals surface area contributed by atoms with Crippen LogP contribution in [0.1, 0.15) is 24.2 Å². The highest BCUT2D eigenvalue weighted by atomic mass is 16.5. The summed E-state index contributed by atoms with van der Waals surface area (Å²) in [6.07, 6.45) is -0.574. The minimum absolute atomic E-state index is 0.0680. The van der Waals surface area contributed by atoms with E-state index in [1.54, 1.807) is 13.0 Å². The van der Waals surface area contributed by atoms with Crippen molar-refractivity contribution in [3.05, 3.63) is 23.3 Å². The van der Waals surface area contributed by atoms with Crippen LogP contribution in [0.25, 0.3) is 0 Å². The topological polar surface area (TPSA) is 49.7 Å². The summed E-state index contributed by atoms with van der Waals surface area (Å²) in [5, 5.41) is 18.8. The van der Waals surface area contributed by atoms with Gasteiger partial charge in [-0.3, -0.25) is 0 Å². The van der Waals surface area contributed by atoms with Gasteiger partial charge in [0.25, 0.3) is 0 Å². The van der Waals surface area contributed by atoms with Gasteiger partial charge in [0.2, 0.25) is 0 Å². The average molecular weight is 182 g/mol. The molecular formula is C10H14O3. The lowest BCUT2D eigenvalue weighted by molar-refractivity contribution is 0.198. The first-order valence-corrected chi connectivity index (χ1v) is 4.11. The molecule has 2 N–H and O–H groups in total. The van der Waals surface area contributed by atoms with Gasteiger partial charge in [-0.15, -0.1) is 0 Å². The number of benzene rings is 1. The van der Waals surface area contributed by atoms with E-state index in [0.717, 1.165) is 5.56 Å². The van der Waals surface area contributed by atoms with Crippen LogP contribution >= 0.6 is 0 Å². The van der Waals surface area contributed by atoms with Gasteiger partial charge in [-0.25, -0.2) is 0 Å². The summed E-state index contributed by atoms with van der Waals surface area (Å²) < 4.78 is 4.98. The van der Waals surface area contributed by atoms with E-state index >= 15 is 0 Å². The molecule has 13 heavy (non-hydrogen) atoms. The number of rotatable bonds is 2. The van der Waals surface area contributed by atoms with Gasteiger partial charge in [-0.1, -0.05) is 0 Å². The number of aliphatic hydroxyl groups excluding tert-OH is 1. The lowest BCUT2D eigenvalue weighted by Crippen LogP contribution is -1.94. The van der Waals surface area contributed by atoms with Gasteiger partial charge in [0, 0.05) is 0 Å². The number of aromatic hydroxyl groups is 1. The van der Waals surface area contributed by atoms with E-state index in [2.05, 4.69) is 0 Å². The van der Waals surface area contributed by atoms with Crippen LogP contribution in [0, 0.1) is 6.92 Å². The molecule has 3 heteroatoms. The third-order valence-electron chi connectivity index (χ3n) is 1.96. The summed E-state index contributed by atoms with van der Waals surface area (Å²) in [6, 6.07) is 3.31. The zero-order chi connectivity index (χ0) is 10.0. The minimum Gasteiger partial charge on any atom is -0.504 e. The molecule has 1 aromatic carbocycles. The van der Waals surface area contributed by atoms with Crippen LogP contribution in [0.4, 0.5) is 0 Å². The fourth-order valence-electron chi connectivity index (χ4n) is 1.29. The van der Waals surface area contributed by atoms with Gasteiger partial charge in [0.1, 0.15) is 0 Å². The van der Waals surface area contributed by atoms with Crippen LogP contribution in [-0.4, -0.2) is 17.3 Å². The molecule has 0 saturated heterocycles. The lowest BCUT2D eigenvalue weighted by atomic mass is 10.1. The summed E-state index contributed by atoms with van der Waals surface area (Å²) >= 11 is 0. The summed E-state index contributed by atoms with van der Waals surface area (Å²) in [7, 11) is 1.50. The van der Waals surface area contributed by atoms with Crippen molar-refractivity contribution in [1.29, 1.82) is 0 Å². The molecule has 3 nitrogen and oxygen atoms in total. The summed E-state index contributed by atoms with van der Waals surface area (Å²) in [5.41, 5.74) is 1.51. The van der Waals surface area contributed by atoms with Crippen molar-refractivity contribution in [2.45, 2.75) is 20.0 Å². The first kappa shape index (κ1) is 9.86. The van der Waals surface area contributed by atoms with E-state index in [0.29, 0.717) is 11.3 Å². The molecule has 1 atom stereocenters. The molecule has 0 heterocycles. The second-order valence-electron chi connectivity index (χ2n) is 3.07. The summed E-state index contributed by atoms with van der Waals surface area (Å²) in [4.78, 5) is 0. The molecule has 0 aliphatic rings. The molecule has 0 bridgehead atoms. The molecule has 0 saturated carbocycles. The van der Waals surface area contributed by atoms with Crippen molar-refractivity contribution >= 4 is 0 Å². The normalized spacial score (nSPS) is 12.6. The fourth-order valence-corrected chi connectivity index (χ4v) is 1.29. The molecule has 0 fully saturated rings. The lowest BCUT2D eigenvalue weighted by Gasteiger charge is -2.11. The molecule has 1 aromatic rings. The molecule has 1 rings (SSSR count). The first-order valence-electron chi connectivity index (χ1n) is 4.11. The van der Waals surface area contributed by atoms with Crippen molar-refractivity contribution in [3.8, 4) is 11.5 Å². The third kappa shape index (κ3) is 1.92. The molecule has 0 radical (unpaired) electrons. The number of methoxy groups -OCH3 is 1. The van der Waals surface area contributed by atoms with Gasteiger partial charge in [-0.05, 0) is 37.1 Å². The van der Waals surface area contributed by atoms with E-state index in [-0.39, 0.29) is 5.75 Å². The van der Waals surface area contributed by atoms with Crippen molar-refractivity contribution < 1.29 is 14.9 Å². The van der Waals surface area contributed by atoms with E-state index in [1.807, 2.05) is 6.92 Å². The fraction of sp³-hybridized carbons (Fsp3) is 0.400. The van der Waals surface area contributed by atoms with Crippen molar-refractivity contribution in [2.24, 2.45) is 0 Å². The Morgan fingerprint density at radius 2 is 2.00 bits per heavy atom. The standard InChI is InChI=1S/C10H14O3/c1-6-4-8(7(2)11)5-9(12)10(6)13-3/h4-5,7,11-12H,1-3H3. The maximum absolute atomic E-state index is 9.48. The maximum atomic E-state index is 9.48. The van der Waals surface area contributed by atoms with Crippen LogP contribution in [0.3, 0.4) is 0 Å². The van der Waals surface area contributed by atoms with Crippen molar-refractivity contribution in [1.82, 2.24) is 0 Å². The van der Waals surface area contributed by atoms with Crippen LogP contribution in [0.5, 0.6) is 11.5 Å². The van der Waals surface area contributed by atoms with Gasteiger partial charge in [0.05, 0.1) is 13.2 Å². The van der Waals surface area contributed by atoms with Crippen LogP contribution in [0.2, 0.25) is 0 Å². The molecule has 0 aromatic heterocycles. The Hall–Kier alpha value is -1.22. The van der Waals surface area contributed by atoms with E-state index in [9.17, 15) is 10.2 Å². The molecule has 0 aliphatic carbocycles. The molecule has 0 aliphatic heterocycles. The molecule has 72 valence electrons. The number of phenolic OH excluding ortho intramolecular Hbond substituents is 1. The van der Waals surface area contributed by atoms with Crippen molar-refractivity contribution in [3.63, 3.8) is 0 Å². The third-order valence-corrected chi connectivity index (χ3v) is 1.96. The van der Waals surface area contributed by atoms with Crippen LogP contribution in [-0.2, 0) is 0 Å². The van der Waals surface area contributed by atoms with Crippen LogP contribution in [0.15, 0.2) is 12.1 Å². The predicted molar refractivity (Wildman–Crippen MR) is 50.0 cm³/mol. The van der Waals surface area contributed by atoms with Crippen molar-refractivity contribution in [2.75, 3.05) is 7.11 Å². The maximum Gasteiger partial charge on any atom is 0.163 e. The quantitative estimate of drug-likeness (QED) is 0.732. The molecule has 0 amide bonds. The highest BCUT2D eigenvalue weighted by Crippen LogP contribution is 2.32. The van der Waals surface area contributed by atoms with Gasteiger partial charge in [0.15, 0.2) is 11.5 Å². The number of hydrogen-bond donors (Lipinski definition) is 2. The van der Waals surface area contributed by atoms with Gasteiger partial charge >= 0.3 is 0 Å². The number of hydrogen-bond acceptors (Lipinski definition) is 3. The molecule has 1 unspecified atom stereocenters. The Kier molecular flexibility index (Phi) is 2.78. The number of aryl methyl sites for hydroxylation is 1. The van der Waals surface area contributed by atoms with Gasteiger partial charge < -0.3 is 14.9 Å². The second kappa shape index (κ2) is 3.66. The van der Waals surface area contributed by atoms with E-state index in [4.69, 9.17) is 4.74 Å². The highest BCUT2D eigenvalue weighted by molar-refractivity contribution is 5.48. The average Bonchev–Trinajstić information content (AvgIpc) is 2.03. The number of aliphatic hydroxyl groups is 1. The molecular weight excluding hydrogens is 168 g/mol. The number of ether oxygens (including phenoxy) is 1. The van der Waals surface area contributed by atoms with E-state index < -0.39 is 6.10 Å². The summed E-state index contributed by atoms with van der Waals surface area (Å²) in [5.74, 6) is 0.530. The Balaban J connectivity index is 3.20. The zero-order valence-electron chi connectivity index (χ0n) is 8.03. The smallest absolute Gasteiger partial charge is 0.163 e. The zero-order valence-corrected chi connectivity index (χ0v) is 8.03. The summed E-state index contributed by atoms with van der Waals surface area (Å²) in [6.45, 7) is 3.48. The Bertz CT molecular complexity index is 282. The Morgan fingerprint density at radius 3 is 2.38 bits per heavy atom. The number of phenols is 1. The minimum atomic E-state index is -0.574. The SMILES string of the molecule is COc1c(C)cc(C(C)O)cc1O. The van der Waals surface area contributed by atoms with E-state index in [1.165, 1.54) is 13.2 Å². The predicted octanol–water partition coefficient (Wildman–Crippen LogP) is 1.76. The van der Waals surface area contributed by atoms with Gasteiger partial charge in [-0.2, -0.15) is 0 Å². The van der Waals surface area contributed by atoms with Crippen LogP contribution < -0.4 is 4.74 Å². The Labute approximate surface area is 77.6 Å². The second-order valence-corrected chi connectivity index (χ2v) is 3.07. The molecule has 0 spiro atoms. The Morgan fingerprint density at radius 1 is 1.38 bits per heavy atom. The monoisotopic (exact) mass is 182 g/mol. The first-order chi connectivity index (χ1) is 6.06. The highest BCUT2D eigenvalue weighted by Gasteiger charge is 2.09.